The monoisotopic (exact) mass is 307 g/mol. The van der Waals surface area contributed by atoms with Crippen LogP contribution in [0.3, 0.4) is 0 Å². The highest BCUT2D eigenvalue weighted by molar-refractivity contribution is 5.69. The van der Waals surface area contributed by atoms with E-state index in [4.69, 9.17) is 4.74 Å². The summed E-state index contributed by atoms with van der Waals surface area (Å²) in [5, 5.41) is 0. The Kier molecular flexibility index (Phi) is 5.22. The summed E-state index contributed by atoms with van der Waals surface area (Å²) in [5.41, 5.74) is 1.49. The fourth-order valence-corrected chi connectivity index (χ4v) is 3.03. The highest BCUT2D eigenvalue weighted by atomic mass is 19.1. The van der Waals surface area contributed by atoms with Crippen molar-refractivity contribution in [3.05, 3.63) is 35.1 Å². The van der Waals surface area contributed by atoms with Crippen LogP contribution in [-0.4, -0.2) is 29.6 Å². The zero-order chi connectivity index (χ0) is 16.3. The zero-order valence-electron chi connectivity index (χ0n) is 14.0. The topological polar surface area (TPSA) is 29.5 Å². The SMILES string of the molecule is C[C@@H]1c2c(F)cccc2CCN1CCCC(=O)OC(C)(C)C. The van der Waals surface area contributed by atoms with Gasteiger partial charge in [-0.15, -0.1) is 0 Å². The van der Waals surface area contributed by atoms with Crippen molar-refractivity contribution >= 4 is 5.97 Å². The Morgan fingerprint density at radius 1 is 1.41 bits per heavy atom. The molecule has 122 valence electrons. The molecule has 1 heterocycles. The van der Waals surface area contributed by atoms with Crippen LogP contribution in [0.25, 0.3) is 0 Å². The van der Waals surface area contributed by atoms with Crippen molar-refractivity contribution in [2.45, 2.75) is 58.6 Å². The first-order chi connectivity index (χ1) is 10.3. The molecule has 0 N–H and O–H groups in total. The van der Waals surface area contributed by atoms with Gasteiger partial charge < -0.3 is 4.74 Å². The van der Waals surface area contributed by atoms with Gasteiger partial charge in [-0.1, -0.05) is 12.1 Å². The van der Waals surface area contributed by atoms with Gasteiger partial charge in [-0.05, 0) is 58.7 Å². The van der Waals surface area contributed by atoms with Crippen LogP contribution in [0.1, 0.15) is 57.7 Å². The molecule has 2 rings (SSSR count). The summed E-state index contributed by atoms with van der Waals surface area (Å²) in [6.45, 7) is 9.35. The summed E-state index contributed by atoms with van der Waals surface area (Å²) in [6, 6.07) is 5.37. The van der Waals surface area contributed by atoms with Gasteiger partial charge in [0.2, 0.25) is 0 Å². The molecule has 0 bridgehead atoms. The molecule has 0 aliphatic carbocycles. The number of fused-ring (bicyclic) bond motifs is 1. The first-order valence-corrected chi connectivity index (χ1v) is 8.01. The van der Waals surface area contributed by atoms with E-state index in [0.717, 1.165) is 37.1 Å². The van der Waals surface area contributed by atoms with Crippen LogP contribution in [0.15, 0.2) is 18.2 Å². The van der Waals surface area contributed by atoms with Crippen molar-refractivity contribution in [1.82, 2.24) is 4.90 Å². The Morgan fingerprint density at radius 2 is 2.14 bits per heavy atom. The highest BCUT2D eigenvalue weighted by Gasteiger charge is 2.26. The molecule has 1 aliphatic heterocycles. The average molecular weight is 307 g/mol. The molecule has 22 heavy (non-hydrogen) atoms. The van der Waals surface area contributed by atoms with E-state index < -0.39 is 5.60 Å². The van der Waals surface area contributed by atoms with E-state index in [1.807, 2.05) is 33.8 Å². The molecular formula is C18H26FNO2. The number of esters is 1. The van der Waals surface area contributed by atoms with E-state index in [0.29, 0.717) is 6.42 Å². The Bertz CT molecular complexity index is 536. The van der Waals surface area contributed by atoms with Crippen LogP contribution in [-0.2, 0) is 16.0 Å². The zero-order valence-corrected chi connectivity index (χ0v) is 14.0. The number of halogens is 1. The number of carbonyl (C=O) groups excluding carboxylic acids is 1. The normalized spacial score (nSPS) is 18.9. The summed E-state index contributed by atoms with van der Waals surface area (Å²) in [5.74, 6) is -0.286. The lowest BCUT2D eigenvalue weighted by Gasteiger charge is -2.35. The molecule has 3 nitrogen and oxygen atoms in total. The van der Waals surface area contributed by atoms with E-state index in [1.165, 1.54) is 6.07 Å². The van der Waals surface area contributed by atoms with Crippen molar-refractivity contribution in [3.8, 4) is 0 Å². The summed E-state index contributed by atoms with van der Waals surface area (Å²) in [7, 11) is 0. The minimum Gasteiger partial charge on any atom is -0.460 e. The maximum Gasteiger partial charge on any atom is 0.306 e. The number of benzene rings is 1. The van der Waals surface area contributed by atoms with Gasteiger partial charge >= 0.3 is 5.97 Å². The maximum atomic E-state index is 14.0. The van der Waals surface area contributed by atoms with Crippen LogP contribution in [0.2, 0.25) is 0 Å². The van der Waals surface area contributed by atoms with Crippen molar-refractivity contribution < 1.29 is 13.9 Å². The van der Waals surface area contributed by atoms with Gasteiger partial charge in [0, 0.05) is 24.6 Å². The van der Waals surface area contributed by atoms with Gasteiger partial charge in [0.25, 0.3) is 0 Å². The third kappa shape index (κ3) is 4.29. The molecule has 1 aliphatic rings. The first-order valence-electron chi connectivity index (χ1n) is 8.01. The van der Waals surface area contributed by atoms with E-state index in [-0.39, 0.29) is 17.8 Å². The van der Waals surface area contributed by atoms with Crippen molar-refractivity contribution in [1.29, 1.82) is 0 Å². The number of rotatable bonds is 4. The second-order valence-corrected chi connectivity index (χ2v) is 6.96. The number of nitrogens with zero attached hydrogens (tertiary/aromatic N) is 1. The molecule has 0 fully saturated rings. The van der Waals surface area contributed by atoms with E-state index in [9.17, 15) is 9.18 Å². The maximum absolute atomic E-state index is 14.0. The van der Waals surface area contributed by atoms with Crippen LogP contribution in [0.4, 0.5) is 4.39 Å². The molecule has 0 saturated heterocycles. The fourth-order valence-electron chi connectivity index (χ4n) is 3.03. The molecule has 4 heteroatoms. The van der Waals surface area contributed by atoms with Crippen molar-refractivity contribution in [2.24, 2.45) is 0 Å². The lowest BCUT2D eigenvalue weighted by Crippen LogP contribution is -2.35. The minimum absolute atomic E-state index is 0.0589. The Hall–Kier alpha value is -1.42. The Morgan fingerprint density at radius 3 is 2.82 bits per heavy atom. The smallest absolute Gasteiger partial charge is 0.306 e. The molecule has 1 atom stereocenters. The Balaban J connectivity index is 1.88. The molecule has 1 aromatic rings. The summed E-state index contributed by atoms with van der Waals surface area (Å²) in [4.78, 5) is 14.0. The molecular weight excluding hydrogens is 281 g/mol. The first kappa shape index (κ1) is 16.9. The number of hydrogen-bond acceptors (Lipinski definition) is 3. The number of hydrogen-bond donors (Lipinski definition) is 0. The molecule has 1 aromatic carbocycles. The predicted molar refractivity (Wildman–Crippen MR) is 85.2 cm³/mol. The summed E-state index contributed by atoms with van der Waals surface area (Å²) in [6.07, 6.45) is 2.01. The predicted octanol–water partition coefficient (Wildman–Crippen LogP) is 3.87. The largest absolute Gasteiger partial charge is 0.460 e. The fraction of sp³-hybridized carbons (Fsp3) is 0.611. The lowest BCUT2D eigenvalue weighted by atomic mass is 9.93. The Labute approximate surface area is 132 Å². The quantitative estimate of drug-likeness (QED) is 0.791. The second kappa shape index (κ2) is 6.78. The third-order valence-corrected chi connectivity index (χ3v) is 4.02. The summed E-state index contributed by atoms with van der Waals surface area (Å²) >= 11 is 0. The molecule has 0 spiro atoms. The van der Waals surface area contributed by atoms with Crippen LogP contribution < -0.4 is 0 Å². The van der Waals surface area contributed by atoms with Crippen LogP contribution >= 0.6 is 0 Å². The number of ether oxygens (including phenoxy) is 1. The van der Waals surface area contributed by atoms with E-state index in [2.05, 4.69) is 4.90 Å². The van der Waals surface area contributed by atoms with Gasteiger partial charge in [0.1, 0.15) is 11.4 Å². The van der Waals surface area contributed by atoms with E-state index >= 15 is 0 Å². The van der Waals surface area contributed by atoms with Crippen LogP contribution in [0, 0.1) is 5.82 Å². The van der Waals surface area contributed by atoms with Crippen LogP contribution in [0.5, 0.6) is 0 Å². The summed E-state index contributed by atoms with van der Waals surface area (Å²) < 4.78 is 19.3. The number of carbonyl (C=O) groups is 1. The van der Waals surface area contributed by atoms with Crippen molar-refractivity contribution in [3.63, 3.8) is 0 Å². The average Bonchev–Trinajstić information content (AvgIpc) is 2.39. The minimum atomic E-state index is -0.433. The molecule has 0 saturated carbocycles. The molecule has 0 amide bonds. The van der Waals surface area contributed by atoms with Gasteiger partial charge in [-0.3, -0.25) is 9.69 Å². The van der Waals surface area contributed by atoms with E-state index in [1.54, 1.807) is 6.07 Å². The lowest BCUT2D eigenvalue weighted by molar-refractivity contribution is -0.155. The highest BCUT2D eigenvalue weighted by Crippen LogP contribution is 2.31. The second-order valence-electron chi connectivity index (χ2n) is 6.96. The van der Waals surface area contributed by atoms with Gasteiger partial charge in [0.05, 0.1) is 0 Å². The molecule has 0 unspecified atom stereocenters. The van der Waals surface area contributed by atoms with Gasteiger partial charge in [-0.2, -0.15) is 0 Å². The molecule has 0 radical (unpaired) electrons. The van der Waals surface area contributed by atoms with Crippen molar-refractivity contribution in [2.75, 3.05) is 13.1 Å². The third-order valence-electron chi connectivity index (χ3n) is 4.02. The van der Waals surface area contributed by atoms with Gasteiger partial charge in [0.15, 0.2) is 0 Å². The van der Waals surface area contributed by atoms with Gasteiger partial charge in [-0.25, -0.2) is 4.39 Å². The standard InChI is InChI=1S/C18H26FNO2/c1-13-17-14(7-5-8-15(17)19)10-12-20(13)11-6-9-16(21)22-18(2,3)4/h5,7-8,13H,6,9-12H2,1-4H3/t13-/m1/s1. The molecule has 0 aromatic heterocycles.